The van der Waals surface area contributed by atoms with E-state index in [0.717, 1.165) is 29.2 Å². The average molecular weight is 247 g/mol. The molecule has 0 saturated carbocycles. The Morgan fingerprint density at radius 2 is 2.22 bits per heavy atom. The van der Waals surface area contributed by atoms with Crippen LogP contribution in [-0.4, -0.2) is 16.5 Å². The predicted octanol–water partition coefficient (Wildman–Crippen LogP) is 2.98. The highest BCUT2D eigenvalue weighted by atomic mass is 19.1. The molecule has 0 spiro atoms. The number of rotatable bonds is 4. The number of aromatic amines is 1. The first-order chi connectivity index (χ1) is 8.65. The molecule has 1 unspecified atom stereocenters. The number of halogens is 1. The van der Waals surface area contributed by atoms with E-state index in [4.69, 9.17) is 5.73 Å². The molecule has 0 radical (unpaired) electrons. The van der Waals surface area contributed by atoms with Crippen molar-refractivity contribution in [3.63, 3.8) is 0 Å². The summed E-state index contributed by atoms with van der Waals surface area (Å²) in [5.41, 5.74) is 8.26. The summed E-state index contributed by atoms with van der Waals surface area (Å²) in [6.07, 6.45) is 0.937. The van der Waals surface area contributed by atoms with Crippen molar-refractivity contribution < 1.29 is 4.39 Å². The lowest BCUT2D eigenvalue weighted by atomic mass is 10.1. The summed E-state index contributed by atoms with van der Waals surface area (Å²) in [5.74, 6) is 0.866. The Labute approximate surface area is 106 Å². The number of benzene rings is 1. The smallest absolute Gasteiger partial charge is 0.123 e. The van der Waals surface area contributed by atoms with Crippen LogP contribution in [0, 0.1) is 12.7 Å². The van der Waals surface area contributed by atoms with Gasteiger partial charge in [-0.2, -0.15) is 0 Å². The zero-order valence-corrected chi connectivity index (χ0v) is 10.7. The van der Waals surface area contributed by atoms with E-state index >= 15 is 0 Å². The van der Waals surface area contributed by atoms with Crippen LogP contribution in [0.4, 0.5) is 4.39 Å². The monoisotopic (exact) mass is 247 g/mol. The third kappa shape index (κ3) is 2.43. The van der Waals surface area contributed by atoms with Crippen LogP contribution in [0.1, 0.15) is 30.8 Å². The van der Waals surface area contributed by atoms with E-state index in [-0.39, 0.29) is 11.7 Å². The Morgan fingerprint density at radius 3 is 2.83 bits per heavy atom. The largest absolute Gasteiger partial charge is 0.345 e. The second-order valence-corrected chi connectivity index (χ2v) is 4.45. The second kappa shape index (κ2) is 5.31. The third-order valence-corrected chi connectivity index (χ3v) is 3.17. The molecule has 0 aliphatic carbocycles. The fraction of sp³-hybridized carbons (Fsp3) is 0.357. The highest BCUT2D eigenvalue weighted by Crippen LogP contribution is 2.25. The van der Waals surface area contributed by atoms with Gasteiger partial charge in [-0.05, 0) is 25.5 Å². The molecule has 3 N–H and O–H groups in total. The van der Waals surface area contributed by atoms with Gasteiger partial charge in [0.2, 0.25) is 0 Å². The second-order valence-electron chi connectivity index (χ2n) is 4.45. The number of nitrogens with zero attached hydrogens (tertiary/aromatic N) is 1. The Balaban J connectivity index is 2.40. The van der Waals surface area contributed by atoms with Crippen LogP contribution in [-0.2, 0) is 0 Å². The van der Waals surface area contributed by atoms with Crippen molar-refractivity contribution in [3.05, 3.63) is 41.6 Å². The molecule has 0 aliphatic rings. The highest BCUT2D eigenvalue weighted by molar-refractivity contribution is 5.61. The average Bonchev–Trinajstić information content (AvgIpc) is 2.73. The van der Waals surface area contributed by atoms with Gasteiger partial charge in [0, 0.05) is 23.7 Å². The van der Waals surface area contributed by atoms with E-state index < -0.39 is 0 Å². The van der Waals surface area contributed by atoms with Crippen LogP contribution >= 0.6 is 0 Å². The minimum atomic E-state index is -0.248. The van der Waals surface area contributed by atoms with Crippen LogP contribution in [0.2, 0.25) is 0 Å². The quantitative estimate of drug-likeness (QED) is 0.872. The number of imidazole rings is 1. The summed E-state index contributed by atoms with van der Waals surface area (Å²) in [6, 6.07) is 6.48. The zero-order valence-electron chi connectivity index (χ0n) is 10.7. The standard InChI is InChI=1S/C14H18FN3/c1-3-10(8-16)14-17-9(2)13(18-14)11-5-4-6-12(15)7-11/h4-7,10H,3,8,16H2,1-2H3,(H,17,18). The Hall–Kier alpha value is -1.68. The lowest BCUT2D eigenvalue weighted by Gasteiger charge is -2.07. The minimum Gasteiger partial charge on any atom is -0.345 e. The van der Waals surface area contributed by atoms with E-state index in [2.05, 4.69) is 16.9 Å². The Kier molecular flexibility index (Phi) is 3.77. The Morgan fingerprint density at radius 1 is 1.44 bits per heavy atom. The fourth-order valence-electron chi connectivity index (χ4n) is 2.07. The molecule has 1 aromatic carbocycles. The number of aryl methyl sites for hydroxylation is 1. The summed E-state index contributed by atoms with van der Waals surface area (Å²) < 4.78 is 13.2. The normalized spacial score (nSPS) is 12.7. The maximum absolute atomic E-state index is 13.2. The third-order valence-electron chi connectivity index (χ3n) is 3.17. The molecule has 0 amide bonds. The van der Waals surface area contributed by atoms with E-state index in [1.54, 1.807) is 6.07 Å². The van der Waals surface area contributed by atoms with E-state index in [0.29, 0.717) is 6.54 Å². The first-order valence-corrected chi connectivity index (χ1v) is 6.18. The van der Waals surface area contributed by atoms with Crippen molar-refractivity contribution >= 4 is 0 Å². The van der Waals surface area contributed by atoms with Gasteiger partial charge in [0.25, 0.3) is 0 Å². The number of aromatic nitrogens is 2. The number of nitrogens with two attached hydrogens (primary N) is 1. The molecular weight excluding hydrogens is 229 g/mol. The van der Waals surface area contributed by atoms with Gasteiger partial charge >= 0.3 is 0 Å². The van der Waals surface area contributed by atoms with Crippen molar-refractivity contribution in [2.45, 2.75) is 26.2 Å². The van der Waals surface area contributed by atoms with E-state index in [1.165, 1.54) is 12.1 Å². The van der Waals surface area contributed by atoms with Crippen LogP contribution < -0.4 is 5.73 Å². The molecule has 0 saturated heterocycles. The van der Waals surface area contributed by atoms with Crippen LogP contribution in [0.15, 0.2) is 24.3 Å². The molecule has 4 heteroatoms. The zero-order chi connectivity index (χ0) is 13.1. The summed E-state index contributed by atoms with van der Waals surface area (Å²) in [7, 11) is 0. The molecule has 2 rings (SSSR count). The van der Waals surface area contributed by atoms with Crippen LogP contribution in [0.5, 0.6) is 0 Å². The number of hydrogen-bond acceptors (Lipinski definition) is 2. The Bertz CT molecular complexity index is 530. The SMILES string of the molecule is CCC(CN)c1nc(-c2cccc(F)c2)c(C)[nH]1. The molecule has 1 heterocycles. The molecule has 1 atom stereocenters. The summed E-state index contributed by atoms with van der Waals surface area (Å²) in [6.45, 7) is 4.59. The molecule has 18 heavy (non-hydrogen) atoms. The first kappa shape index (κ1) is 12.8. The summed E-state index contributed by atoms with van der Waals surface area (Å²) in [4.78, 5) is 7.81. The molecule has 3 nitrogen and oxygen atoms in total. The molecule has 0 aliphatic heterocycles. The van der Waals surface area contributed by atoms with Crippen molar-refractivity contribution in [2.24, 2.45) is 5.73 Å². The molecule has 0 fully saturated rings. The number of hydrogen-bond donors (Lipinski definition) is 2. The topological polar surface area (TPSA) is 54.7 Å². The van der Waals surface area contributed by atoms with E-state index in [9.17, 15) is 4.39 Å². The van der Waals surface area contributed by atoms with Gasteiger partial charge < -0.3 is 10.7 Å². The molecule has 96 valence electrons. The molecule has 0 bridgehead atoms. The van der Waals surface area contributed by atoms with Crippen molar-refractivity contribution in [2.75, 3.05) is 6.54 Å². The summed E-state index contributed by atoms with van der Waals surface area (Å²) >= 11 is 0. The highest BCUT2D eigenvalue weighted by Gasteiger charge is 2.15. The van der Waals surface area contributed by atoms with Gasteiger partial charge in [0.1, 0.15) is 11.6 Å². The fourth-order valence-corrected chi connectivity index (χ4v) is 2.07. The molecule has 1 aromatic heterocycles. The number of H-pyrrole nitrogens is 1. The van der Waals surface area contributed by atoms with Gasteiger partial charge in [-0.25, -0.2) is 9.37 Å². The van der Waals surface area contributed by atoms with Crippen molar-refractivity contribution in [3.8, 4) is 11.3 Å². The molecular formula is C14H18FN3. The maximum atomic E-state index is 13.2. The van der Waals surface area contributed by atoms with Crippen LogP contribution in [0.25, 0.3) is 11.3 Å². The van der Waals surface area contributed by atoms with Gasteiger partial charge in [0.05, 0.1) is 5.69 Å². The lowest BCUT2D eigenvalue weighted by Crippen LogP contribution is -2.12. The van der Waals surface area contributed by atoms with Crippen molar-refractivity contribution in [1.82, 2.24) is 9.97 Å². The number of nitrogens with one attached hydrogen (secondary N) is 1. The minimum absolute atomic E-state index is 0.228. The predicted molar refractivity (Wildman–Crippen MR) is 70.8 cm³/mol. The first-order valence-electron chi connectivity index (χ1n) is 6.18. The maximum Gasteiger partial charge on any atom is 0.123 e. The lowest BCUT2D eigenvalue weighted by molar-refractivity contribution is 0.628. The summed E-state index contributed by atoms with van der Waals surface area (Å²) in [5, 5.41) is 0. The van der Waals surface area contributed by atoms with Crippen molar-refractivity contribution in [1.29, 1.82) is 0 Å². The van der Waals surface area contributed by atoms with Gasteiger partial charge in [0.15, 0.2) is 0 Å². The van der Waals surface area contributed by atoms with E-state index in [1.807, 2.05) is 13.0 Å². The van der Waals surface area contributed by atoms with Gasteiger partial charge in [-0.3, -0.25) is 0 Å². The van der Waals surface area contributed by atoms with Crippen LogP contribution in [0.3, 0.4) is 0 Å². The molecule has 2 aromatic rings. The van der Waals surface area contributed by atoms with Gasteiger partial charge in [-0.15, -0.1) is 0 Å². The van der Waals surface area contributed by atoms with Gasteiger partial charge in [-0.1, -0.05) is 19.1 Å².